The third-order valence-electron chi connectivity index (χ3n) is 7.21. The van der Waals surface area contributed by atoms with Gasteiger partial charge in [-0.25, -0.2) is 0 Å². The molecule has 4 aromatic rings. The third-order valence-corrected chi connectivity index (χ3v) is 7.21. The molecule has 1 unspecified atom stereocenters. The summed E-state index contributed by atoms with van der Waals surface area (Å²) in [5, 5.41) is 9.60. The fourth-order valence-electron chi connectivity index (χ4n) is 5.05. The lowest BCUT2D eigenvalue weighted by Gasteiger charge is -2.45. The van der Waals surface area contributed by atoms with Crippen LogP contribution in [0.2, 0.25) is 0 Å². The average Bonchev–Trinajstić information content (AvgIpc) is 3.07. The molecule has 1 saturated heterocycles. The molecule has 0 bridgehead atoms. The van der Waals surface area contributed by atoms with Gasteiger partial charge in [0, 0.05) is 0 Å². The zero-order chi connectivity index (χ0) is 29.5. The van der Waals surface area contributed by atoms with Gasteiger partial charge in [-0.2, -0.15) is 0 Å². The maximum Gasteiger partial charge on any atom is 0.187 e. The maximum atomic E-state index is 9.60. The second kappa shape index (κ2) is 17.0. The van der Waals surface area contributed by atoms with E-state index in [1.807, 2.05) is 121 Å². The van der Waals surface area contributed by atoms with Gasteiger partial charge in [-0.15, -0.1) is 0 Å². The Labute approximate surface area is 253 Å². The molecule has 0 aliphatic carbocycles. The lowest BCUT2D eigenvalue weighted by atomic mass is 9.97. The van der Waals surface area contributed by atoms with E-state index in [1.54, 1.807) is 0 Å². The molecule has 0 aromatic heterocycles. The Bertz CT molecular complexity index is 1290. The molecule has 1 N–H and O–H groups in total. The van der Waals surface area contributed by atoms with E-state index in [-0.39, 0.29) is 19.8 Å². The number of hydrogen-bond donors (Lipinski definition) is 1. The largest absolute Gasteiger partial charge is 0.394 e. The molecule has 1 aliphatic rings. The number of aliphatic hydroxyl groups is 1. The van der Waals surface area contributed by atoms with Crippen molar-refractivity contribution in [3.63, 3.8) is 0 Å². The lowest BCUT2D eigenvalue weighted by molar-refractivity contribution is -0.329. The number of ether oxygens (including phenoxy) is 6. The van der Waals surface area contributed by atoms with Gasteiger partial charge in [-0.1, -0.05) is 121 Å². The summed E-state index contributed by atoms with van der Waals surface area (Å²) in [4.78, 5) is 0. The molecular formula is C36H40O7. The van der Waals surface area contributed by atoms with Crippen LogP contribution in [0.1, 0.15) is 22.3 Å². The van der Waals surface area contributed by atoms with Crippen LogP contribution in [0.5, 0.6) is 0 Å². The Morgan fingerprint density at radius 3 is 1.37 bits per heavy atom. The normalized spacial score (nSPS) is 21.9. The van der Waals surface area contributed by atoms with Gasteiger partial charge in [0.15, 0.2) is 6.29 Å². The van der Waals surface area contributed by atoms with Crippen molar-refractivity contribution in [1.82, 2.24) is 0 Å². The smallest absolute Gasteiger partial charge is 0.187 e. The minimum absolute atomic E-state index is 0.0917. The Morgan fingerprint density at radius 1 is 0.488 bits per heavy atom. The molecule has 5 atom stereocenters. The molecule has 7 nitrogen and oxygen atoms in total. The molecule has 0 saturated carbocycles. The molecule has 43 heavy (non-hydrogen) atoms. The van der Waals surface area contributed by atoms with E-state index in [2.05, 4.69) is 0 Å². The van der Waals surface area contributed by atoms with Gasteiger partial charge in [0.2, 0.25) is 0 Å². The maximum absolute atomic E-state index is 9.60. The first-order valence-corrected chi connectivity index (χ1v) is 14.8. The fraction of sp³-hybridized carbons (Fsp3) is 0.333. The van der Waals surface area contributed by atoms with Crippen molar-refractivity contribution >= 4 is 0 Å². The van der Waals surface area contributed by atoms with Crippen molar-refractivity contribution in [2.75, 3.05) is 19.8 Å². The van der Waals surface area contributed by atoms with E-state index < -0.39 is 30.7 Å². The minimum atomic E-state index is -0.807. The van der Waals surface area contributed by atoms with Crippen LogP contribution in [0.15, 0.2) is 121 Å². The van der Waals surface area contributed by atoms with Crippen molar-refractivity contribution in [1.29, 1.82) is 0 Å². The average molecular weight is 585 g/mol. The monoisotopic (exact) mass is 584 g/mol. The quantitative estimate of drug-likeness (QED) is 0.181. The molecule has 1 heterocycles. The summed E-state index contributed by atoms with van der Waals surface area (Å²) in [6.07, 6.45) is -3.06. The van der Waals surface area contributed by atoms with Crippen molar-refractivity contribution in [3.05, 3.63) is 144 Å². The van der Waals surface area contributed by atoms with Gasteiger partial charge in [0.05, 0.1) is 46.2 Å². The number of rotatable bonds is 16. The van der Waals surface area contributed by atoms with Crippen molar-refractivity contribution < 1.29 is 33.5 Å². The van der Waals surface area contributed by atoms with Crippen molar-refractivity contribution in [2.45, 2.75) is 57.1 Å². The molecule has 0 amide bonds. The van der Waals surface area contributed by atoms with Gasteiger partial charge in [0.25, 0.3) is 0 Å². The van der Waals surface area contributed by atoms with Gasteiger partial charge >= 0.3 is 0 Å². The first kappa shape index (κ1) is 31.0. The molecule has 7 heteroatoms. The van der Waals surface area contributed by atoms with Gasteiger partial charge in [-0.05, 0) is 22.3 Å². The summed E-state index contributed by atoms with van der Waals surface area (Å²) >= 11 is 0. The van der Waals surface area contributed by atoms with Crippen LogP contribution in [0, 0.1) is 0 Å². The Morgan fingerprint density at radius 2 is 0.907 bits per heavy atom. The van der Waals surface area contributed by atoms with Crippen LogP contribution in [0.3, 0.4) is 0 Å². The standard InChI is InChI=1S/C36H40O7/c37-21-22-39-36-35(42-26-31-19-11-4-12-20-31)34(41-25-30-17-9-3-10-18-30)33(40-24-29-15-7-2-8-16-29)32(43-36)27-38-23-28-13-5-1-6-14-28/h1-20,32-37H,21-27H2/t32-,33-,34+,35+,36?/m1/s1. The van der Waals surface area contributed by atoms with Crippen LogP contribution < -0.4 is 0 Å². The summed E-state index contributed by atoms with van der Waals surface area (Å²) in [5.41, 5.74) is 4.14. The van der Waals surface area contributed by atoms with Crippen LogP contribution in [-0.2, 0) is 54.8 Å². The molecule has 226 valence electrons. The van der Waals surface area contributed by atoms with E-state index in [9.17, 15) is 5.11 Å². The number of aliphatic hydroxyl groups excluding tert-OH is 1. The van der Waals surface area contributed by atoms with E-state index in [1.165, 1.54) is 0 Å². The summed E-state index contributed by atoms with van der Waals surface area (Å²) in [6.45, 7) is 1.68. The zero-order valence-electron chi connectivity index (χ0n) is 24.3. The van der Waals surface area contributed by atoms with Gasteiger partial charge in [0.1, 0.15) is 24.4 Å². The van der Waals surface area contributed by atoms with Crippen molar-refractivity contribution in [3.8, 4) is 0 Å². The second-order valence-electron chi connectivity index (χ2n) is 10.4. The highest BCUT2D eigenvalue weighted by molar-refractivity contribution is 5.16. The highest BCUT2D eigenvalue weighted by Gasteiger charge is 2.49. The van der Waals surface area contributed by atoms with E-state index in [4.69, 9.17) is 28.4 Å². The third kappa shape index (κ3) is 9.55. The minimum Gasteiger partial charge on any atom is -0.394 e. The molecule has 4 aromatic carbocycles. The zero-order valence-corrected chi connectivity index (χ0v) is 24.3. The summed E-state index contributed by atoms with van der Waals surface area (Å²) in [7, 11) is 0. The topological polar surface area (TPSA) is 75.6 Å². The molecule has 0 radical (unpaired) electrons. The summed E-state index contributed by atoms with van der Waals surface area (Å²) in [6, 6.07) is 40.0. The van der Waals surface area contributed by atoms with E-state index >= 15 is 0 Å². The van der Waals surface area contributed by atoms with E-state index in [0.29, 0.717) is 26.4 Å². The lowest BCUT2D eigenvalue weighted by Crippen LogP contribution is -2.61. The van der Waals surface area contributed by atoms with Crippen LogP contribution in [-0.4, -0.2) is 55.6 Å². The Hall–Kier alpha value is -3.40. The number of hydrogen-bond acceptors (Lipinski definition) is 7. The molecule has 1 aliphatic heterocycles. The predicted molar refractivity (Wildman–Crippen MR) is 163 cm³/mol. The van der Waals surface area contributed by atoms with Gasteiger partial charge < -0.3 is 33.5 Å². The molecular weight excluding hydrogens is 544 g/mol. The second-order valence-corrected chi connectivity index (χ2v) is 10.4. The van der Waals surface area contributed by atoms with Crippen LogP contribution in [0.4, 0.5) is 0 Å². The van der Waals surface area contributed by atoms with Gasteiger partial charge in [-0.3, -0.25) is 0 Å². The van der Waals surface area contributed by atoms with Crippen molar-refractivity contribution in [2.24, 2.45) is 0 Å². The molecule has 1 fully saturated rings. The Kier molecular flexibility index (Phi) is 12.3. The SMILES string of the molecule is OCCOC1O[C@H](COCc2ccccc2)[C@@H](OCc2ccccc2)[C@H](OCc2ccccc2)[C@@H]1OCc1ccccc1. The first-order valence-electron chi connectivity index (χ1n) is 14.8. The first-order chi connectivity index (χ1) is 21.3. The fourth-order valence-corrected chi connectivity index (χ4v) is 5.05. The highest BCUT2D eigenvalue weighted by atomic mass is 16.7. The molecule has 0 spiro atoms. The molecule has 5 rings (SSSR count). The number of benzene rings is 4. The Balaban J connectivity index is 1.41. The van der Waals surface area contributed by atoms with Crippen LogP contribution in [0.25, 0.3) is 0 Å². The summed E-state index contributed by atoms with van der Waals surface area (Å²) in [5.74, 6) is 0. The summed E-state index contributed by atoms with van der Waals surface area (Å²) < 4.78 is 38.5. The predicted octanol–water partition coefficient (Wildman–Crippen LogP) is 5.69. The van der Waals surface area contributed by atoms with E-state index in [0.717, 1.165) is 22.3 Å². The highest BCUT2D eigenvalue weighted by Crippen LogP contribution is 2.31. The van der Waals surface area contributed by atoms with Crippen LogP contribution >= 0.6 is 0 Å².